The second-order valence-electron chi connectivity index (χ2n) is 5.55. The van der Waals surface area contributed by atoms with Gasteiger partial charge in [0.05, 0.1) is 5.25 Å². The number of thioether (sulfide) groups is 1. The van der Waals surface area contributed by atoms with Crippen LogP contribution in [0, 0.1) is 0 Å². The zero-order valence-corrected chi connectivity index (χ0v) is 13.6. The summed E-state index contributed by atoms with van der Waals surface area (Å²) in [5.41, 5.74) is 2.09. The number of anilines is 1. The first-order valence-electron chi connectivity index (χ1n) is 7.63. The molecular formula is C16H20N4OS. The number of aryl methyl sites for hydroxylation is 1. The van der Waals surface area contributed by atoms with Crippen LogP contribution in [0.25, 0.3) is 0 Å². The molecule has 1 fully saturated rings. The number of benzene rings is 1. The van der Waals surface area contributed by atoms with E-state index in [-0.39, 0.29) is 11.2 Å². The van der Waals surface area contributed by atoms with Crippen LogP contribution in [0.4, 0.5) is 5.69 Å². The Balaban J connectivity index is 1.60. The lowest BCUT2D eigenvalue weighted by atomic mass is 10.1. The average Bonchev–Trinajstić information content (AvgIpc) is 3.28. The lowest BCUT2D eigenvalue weighted by Gasteiger charge is -2.12. The summed E-state index contributed by atoms with van der Waals surface area (Å²) in [5.74, 6) is -0.0143. The van der Waals surface area contributed by atoms with Crippen molar-refractivity contribution in [2.75, 3.05) is 5.32 Å². The number of nitrogens with one attached hydrogen (secondary N) is 1. The van der Waals surface area contributed by atoms with Gasteiger partial charge in [0.25, 0.3) is 0 Å². The maximum Gasteiger partial charge on any atom is 0.237 e. The van der Waals surface area contributed by atoms with Gasteiger partial charge in [0.15, 0.2) is 5.16 Å². The van der Waals surface area contributed by atoms with E-state index in [1.807, 2.05) is 31.2 Å². The normalized spacial score (nSPS) is 15.5. The first-order chi connectivity index (χ1) is 10.7. The third kappa shape index (κ3) is 3.50. The number of hydrogen-bond acceptors (Lipinski definition) is 4. The predicted molar refractivity (Wildman–Crippen MR) is 88.1 cm³/mol. The summed E-state index contributed by atoms with van der Waals surface area (Å²) in [5, 5.41) is 11.6. The first-order valence-corrected chi connectivity index (χ1v) is 8.51. The Kier molecular flexibility index (Phi) is 4.47. The largest absolute Gasteiger partial charge is 0.325 e. The Hall–Kier alpha value is -1.82. The Morgan fingerprint density at radius 3 is 2.77 bits per heavy atom. The van der Waals surface area contributed by atoms with Crippen LogP contribution < -0.4 is 5.32 Å². The zero-order valence-electron chi connectivity index (χ0n) is 12.8. The third-order valence-electron chi connectivity index (χ3n) is 3.76. The van der Waals surface area contributed by atoms with Gasteiger partial charge in [-0.2, -0.15) is 0 Å². The highest BCUT2D eigenvalue weighted by atomic mass is 32.2. The van der Waals surface area contributed by atoms with E-state index in [1.165, 1.54) is 30.2 Å². The fraction of sp³-hybridized carbons (Fsp3) is 0.438. The summed E-state index contributed by atoms with van der Waals surface area (Å²) in [4.78, 5) is 12.3. The molecule has 0 spiro atoms. The SMILES string of the molecule is CCc1ccc(NC(=O)[C@@H](C)Sc2nncn2C2CC2)cc1. The Morgan fingerprint density at radius 1 is 1.41 bits per heavy atom. The van der Waals surface area contributed by atoms with E-state index in [1.54, 1.807) is 6.33 Å². The Morgan fingerprint density at radius 2 is 2.14 bits per heavy atom. The summed E-state index contributed by atoms with van der Waals surface area (Å²) in [6.45, 7) is 4.01. The standard InChI is InChI=1S/C16H20N4OS/c1-3-12-4-6-13(7-5-12)18-15(21)11(2)22-16-19-17-10-20(16)14-8-9-14/h4-7,10-11,14H,3,8-9H2,1-2H3,(H,18,21)/t11-/m1/s1. The van der Waals surface area contributed by atoms with Crippen LogP contribution in [-0.2, 0) is 11.2 Å². The molecule has 0 aliphatic heterocycles. The van der Waals surface area contributed by atoms with Crippen LogP contribution in [0.15, 0.2) is 35.7 Å². The predicted octanol–water partition coefficient (Wildman–Crippen LogP) is 3.29. The smallest absolute Gasteiger partial charge is 0.237 e. The molecule has 1 aromatic heterocycles. The minimum atomic E-state index is -0.215. The van der Waals surface area contributed by atoms with E-state index >= 15 is 0 Å². The van der Waals surface area contributed by atoms with Crippen LogP contribution >= 0.6 is 11.8 Å². The summed E-state index contributed by atoms with van der Waals surface area (Å²) in [6.07, 6.45) is 5.11. The van der Waals surface area contributed by atoms with Crippen molar-refractivity contribution in [3.63, 3.8) is 0 Å². The number of amides is 1. The monoisotopic (exact) mass is 316 g/mol. The maximum absolute atomic E-state index is 12.3. The van der Waals surface area contributed by atoms with Crippen molar-refractivity contribution >= 4 is 23.4 Å². The molecule has 1 saturated carbocycles. The van der Waals surface area contributed by atoms with Crippen molar-refractivity contribution < 1.29 is 4.79 Å². The quantitative estimate of drug-likeness (QED) is 0.831. The highest BCUT2D eigenvalue weighted by Gasteiger charge is 2.27. The summed E-state index contributed by atoms with van der Waals surface area (Å²) < 4.78 is 2.07. The number of carbonyl (C=O) groups is 1. The molecule has 0 saturated heterocycles. The van der Waals surface area contributed by atoms with Gasteiger partial charge < -0.3 is 9.88 Å². The third-order valence-corrected chi connectivity index (χ3v) is 4.83. The number of rotatable bonds is 6. The number of nitrogens with zero attached hydrogens (tertiary/aromatic N) is 3. The van der Waals surface area contributed by atoms with Crippen LogP contribution in [-0.4, -0.2) is 25.9 Å². The van der Waals surface area contributed by atoms with Gasteiger partial charge in [0.2, 0.25) is 5.91 Å². The molecule has 1 aliphatic carbocycles. The summed E-state index contributed by atoms with van der Waals surface area (Å²) in [7, 11) is 0. The number of carbonyl (C=O) groups excluding carboxylic acids is 1. The van der Waals surface area contributed by atoms with Crippen molar-refractivity contribution in [3.8, 4) is 0 Å². The molecule has 116 valence electrons. The van der Waals surface area contributed by atoms with Gasteiger partial charge in [-0.25, -0.2) is 0 Å². The van der Waals surface area contributed by atoms with Gasteiger partial charge in [-0.05, 0) is 43.9 Å². The minimum Gasteiger partial charge on any atom is -0.325 e. The van der Waals surface area contributed by atoms with Gasteiger partial charge in [-0.15, -0.1) is 10.2 Å². The van der Waals surface area contributed by atoms with E-state index in [4.69, 9.17) is 0 Å². The highest BCUT2D eigenvalue weighted by Crippen LogP contribution is 2.38. The van der Waals surface area contributed by atoms with E-state index < -0.39 is 0 Å². The lowest BCUT2D eigenvalue weighted by Crippen LogP contribution is -2.22. The Labute approximate surface area is 134 Å². The fourth-order valence-electron chi connectivity index (χ4n) is 2.20. The molecule has 1 heterocycles. The second-order valence-corrected chi connectivity index (χ2v) is 6.86. The number of hydrogen-bond donors (Lipinski definition) is 1. The van der Waals surface area contributed by atoms with Crippen molar-refractivity contribution in [1.29, 1.82) is 0 Å². The lowest BCUT2D eigenvalue weighted by molar-refractivity contribution is -0.115. The Bertz CT molecular complexity index is 648. The molecular weight excluding hydrogens is 296 g/mol. The molecule has 0 unspecified atom stereocenters. The van der Waals surface area contributed by atoms with E-state index in [0.29, 0.717) is 6.04 Å². The molecule has 0 bridgehead atoms. The molecule has 1 N–H and O–H groups in total. The van der Waals surface area contributed by atoms with Crippen molar-refractivity contribution in [1.82, 2.24) is 14.8 Å². The molecule has 1 atom stereocenters. The van der Waals surface area contributed by atoms with Crippen LogP contribution in [0.3, 0.4) is 0 Å². The molecule has 1 amide bonds. The van der Waals surface area contributed by atoms with Gasteiger partial charge in [-0.1, -0.05) is 30.8 Å². The average molecular weight is 316 g/mol. The zero-order chi connectivity index (χ0) is 15.5. The highest BCUT2D eigenvalue weighted by molar-refractivity contribution is 8.00. The molecule has 6 heteroatoms. The van der Waals surface area contributed by atoms with Crippen molar-refractivity contribution in [2.24, 2.45) is 0 Å². The van der Waals surface area contributed by atoms with E-state index in [2.05, 4.69) is 27.0 Å². The molecule has 3 rings (SSSR count). The van der Waals surface area contributed by atoms with Crippen LogP contribution in [0.5, 0.6) is 0 Å². The van der Waals surface area contributed by atoms with Crippen molar-refractivity contribution in [2.45, 2.75) is 49.6 Å². The molecule has 5 nitrogen and oxygen atoms in total. The van der Waals surface area contributed by atoms with Gasteiger partial charge in [0, 0.05) is 11.7 Å². The van der Waals surface area contributed by atoms with E-state index in [0.717, 1.165) is 17.3 Å². The van der Waals surface area contributed by atoms with Crippen molar-refractivity contribution in [3.05, 3.63) is 36.2 Å². The van der Waals surface area contributed by atoms with Gasteiger partial charge in [-0.3, -0.25) is 4.79 Å². The summed E-state index contributed by atoms with van der Waals surface area (Å²) in [6, 6.07) is 8.49. The molecule has 0 radical (unpaired) electrons. The maximum atomic E-state index is 12.3. The molecule has 1 aliphatic rings. The molecule has 1 aromatic carbocycles. The second kappa shape index (κ2) is 6.52. The minimum absolute atomic E-state index is 0.0143. The topological polar surface area (TPSA) is 59.8 Å². The molecule has 22 heavy (non-hydrogen) atoms. The van der Waals surface area contributed by atoms with Crippen LogP contribution in [0.1, 0.15) is 38.3 Å². The van der Waals surface area contributed by atoms with Gasteiger partial charge >= 0.3 is 0 Å². The van der Waals surface area contributed by atoms with E-state index in [9.17, 15) is 4.79 Å². The van der Waals surface area contributed by atoms with Gasteiger partial charge in [0.1, 0.15) is 6.33 Å². The first kappa shape index (κ1) is 15.1. The molecule has 2 aromatic rings. The summed E-state index contributed by atoms with van der Waals surface area (Å²) >= 11 is 1.46. The fourth-order valence-corrected chi connectivity index (χ4v) is 3.09. The number of aromatic nitrogens is 3. The van der Waals surface area contributed by atoms with Crippen LogP contribution in [0.2, 0.25) is 0 Å².